The lowest BCUT2D eigenvalue weighted by molar-refractivity contribution is -0.132. The Morgan fingerprint density at radius 2 is 1.85 bits per heavy atom. The van der Waals surface area contributed by atoms with Gasteiger partial charge in [0.2, 0.25) is 0 Å². The Morgan fingerprint density at radius 3 is 2.56 bits per heavy atom. The zero-order valence-corrected chi connectivity index (χ0v) is 23.8. The van der Waals surface area contributed by atoms with Crippen molar-refractivity contribution in [2.45, 2.75) is 40.2 Å². The highest BCUT2D eigenvalue weighted by Gasteiger charge is 2.48. The van der Waals surface area contributed by atoms with E-state index in [1.165, 1.54) is 16.2 Å². The van der Waals surface area contributed by atoms with Crippen LogP contribution in [-0.4, -0.2) is 28.4 Å². The number of halogens is 1. The number of nitrogens with zero attached hydrogens (tertiary/aromatic N) is 2. The summed E-state index contributed by atoms with van der Waals surface area (Å²) in [6.45, 7) is 8.79. The SMILES string of the molecule is Cc1cc(C)c2nc(N3C(=O)C(=O)/C(=C(/O)c4ccc(Cl)cc4)C3c3cccc(OCCC(C)C)c3)sc2c1. The van der Waals surface area contributed by atoms with E-state index in [-0.39, 0.29) is 11.3 Å². The minimum atomic E-state index is -0.892. The van der Waals surface area contributed by atoms with Crippen LogP contribution in [0, 0.1) is 19.8 Å². The van der Waals surface area contributed by atoms with E-state index in [1.807, 2.05) is 50.2 Å². The van der Waals surface area contributed by atoms with Crippen LogP contribution in [0.25, 0.3) is 16.0 Å². The van der Waals surface area contributed by atoms with Gasteiger partial charge in [-0.1, -0.05) is 55.0 Å². The van der Waals surface area contributed by atoms with E-state index in [4.69, 9.17) is 21.3 Å². The third kappa shape index (κ3) is 5.29. The van der Waals surface area contributed by atoms with Gasteiger partial charge in [0.05, 0.1) is 28.4 Å². The number of ether oxygens (including phenoxy) is 1. The van der Waals surface area contributed by atoms with E-state index in [2.05, 4.69) is 13.8 Å². The number of benzene rings is 3. The number of aliphatic hydroxyl groups excluding tert-OH is 1. The maximum Gasteiger partial charge on any atom is 0.301 e. The molecule has 39 heavy (non-hydrogen) atoms. The molecule has 1 aliphatic heterocycles. The van der Waals surface area contributed by atoms with Crippen molar-refractivity contribution in [2.75, 3.05) is 11.5 Å². The number of hydrogen-bond donors (Lipinski definition) is 1. The van der Waals surface area contributed by atoms with E-state index in [9.17, 15) is 14.7 Å². The third-order valence-electron chi connectivity index (χ3n) is 6.72. The van der Waals surface area contributed by atoms with Gasteiger partial charge in [-0.25, -0.2) is 4.98 Å². The molecule has 1 saturated heterocycles. The van der Waals surface area contributed by atoms with Crippen LogP contribution in [0.3, 0.4) is 0 Å². The fourth-order valence-corrected chi connectivity index (χ4v) is 6.05. The van der Waals surface area contributed by atoms with Crippen LogP contribution < -0.4 is 9.64 Å². The smallest absolute Gasteiger partial charge is 0.301 e. The molecule has 4 aromatic rings. The topological polar surface area (TPSA) is 79.7 Å². The summed E-state index contributed by atoms with van der Waals surface area (Å²) >= 11 is 7.40. The number of ketones is 1. The second kappa shape index (κ2) is 10.8. The number of carbonyl (C=O) groups is 2. The van der Waals surface area contributed by atoms with E-state index in [0.717, 1.165) is 27.8 Å². The monoisotopic (exact) mass is 560 g/mol. The number of Topliss-reactive ketones (excluding diaryl/α,β-unsaturated/α-hetero) is 1. The highest BCUT2D eigenvalue weighted by molar-refractivity contribution is 7.22. The Balaban J connectivity index is 1.67. The molecule has 0 saturated carbocycles. The molecule has 3 aromatic carbocycles. The van der Waals surface area contributed by atoms with Crippen LogP contribution in [0.4, 0.5) is 5.13 Å². The molecule has 0 bridgehead atoms. The first kappa shape index (κ1) is 26.9. The number of thiazole rings is 1. The number of anilines is 1. The predicted octanol–water partition coefficient (Wildman–Crippen LogP) is 7.62. The fourth-order valence-electron chi connectivity index (χ4n) is 4.76. The zero-order valence-electron chi connectivity index (χ0n) is 22.2. The third-order valence-corrected chi connectivity index (χ3v) is 7.98. The molecule has 2 heterocycles. The molecule has 1 amide bonds. The minimum Gasteiger partial charge on any atom is -0.507 e. The van der Waals surface area contributed by atoms with E-state index < -0.39 is 17.7 Å². The van der Waals surface area contributed by atoms with Crippen LogP contribution >= 0.6 is 22.9 Å². The number of rotatable bonds is 7. The lowest BCUT2D eigenvalue weighted by Gasteiger charge is -2.23. The first-order chi connectivity index (χ1) is 18.6. The Labute approximate surface area is 236 Å². The van der Waals surface area contributed by atoms with Crippen LogP contribution in [0.5, 0.6) is 5.75 Å². The summed E-state index contributed by atoms with van der Waals surface area (Å²) in [7, 11) is 0. The van der Waals surface area contributed by atoms with E-state index in [0.29, 0.717) is 39.6 Å². The molecule has 8 heteroatoms. The van der Waals surface area contributed by atoms with E-state index in [1.54, 1.807) is 24.3 Å². The number of hydrogen-bond acceptors (Lipinski definition) is 6. The van der Waals surface area contributed by atoms with Gasteiger partial charge in [-0.15, -0.1) is 0 Å². The van der Waals surface area contributed by atoms with Crippen LogP contribution in [0.15, 0.2) is 66.2 Å². The number of aliphatic hydroxyl groups is 1. The number of amides is 1. The molecule has 5 rings (SSSR count). The van der Waals surface area contributed by atoms with Gasteiger partial charge in [0.1, 0.15) is 11.5 Å². The number of aromatic nitrogens is 1. The number of carbonyl (C=O) groups excluding carboxylic acids is 2. The molecule has 1 aliphatic rings. The molecule has 1 fully saturated rings. The highest BCUT2D eigenvalue weighted by Crippen LogP contribution is 2.45. The van der Waals surface area contributed by atoms with Crippen molar-refractivity contribution in [2.24, 2.45) is 5.92 Å². The summed E-state index contributed by atoms with van der Waals surface area (Å²) in [5, 5.41) is 12.3. The number of fused-ring (bicyclic) bond motifs is 1. The average Bonchev–Trinajstić information content (AvgIpc) is 3.42. The summed E-state index contributed by atoms with van der Waals surface area (Å²) in [6, 6.07) is 17.0. The largest absolute Gasteiger partial charge is 0.507 e. The normalized spacial score (nSPS) is 17.0. The highest BCUT2D eigenvalue weighted by atomic mass is 35.5. The Hall–Kier alpha value is -3.68. The van der Waals surface area contributed by atoms with Crippen LogP contribution in [-0.2, 0) is 9.59 Å². The molecule has 0 aliphatic carbocycles. The first-order valence-corrected chi connectivity index (χ1v) is 14.0. The van der Waals surface area contributed by atoms with Crippen molar-refractivity contribution in [3.63, 3.8) is 0 Å². The molecule has 0 spiro atoms. The van der Waals surface area contributed by atoms with Crippen LogP contribution in [0.2, 0.25) is 5.02 Å². The van der Waals surface area contributed by atoms with Crippen molar-refractivity contribution in [3.05, 3.63) is 93.5 Å². The summed E-state index contributed by atoms with van der Waals surface area (Å²) < 4.78 is 6.91. The average molecular weight is 561 g/mol. The molecular weight excluding hydrogens is 532 g/mol. The molecule has 1 N–H and O–H groups in total. The quantitative estimate of drug-likeness (QED) is 0.143. The second-order valence-electron chi connectivity index (χ2n) is 10.2. The fraction of sp³-hybridized carbons (Fsp3) is 0.258. The summed E-state index contributed by atoms with van der Waals surface area (Å²) in [5.41, 5.74) is 3.88. The van der Waals surface area contributed by atoms with Gasteiger partial charge in [0.15, 0.2) is 5.13 Å². The van der Waals surface area contributed by atoms with Gasteiger partial charge in [-0.3, -0.25) is 14.5 Å². The van der Waals surface area contributed by atoms with Gasteiger partial charge in [-0.05, 0) is 85.3 Å². The van der Waals surface area contributed by atoms with Gasteiger partial charge >= 0.3 is 5.91 Å². The molecule has 0 radical (unpaired) electrons. The molecule has 6 nitrogen and oxygen atoms in total. The summed E-state index contributed by atoms with van der Waals surface area (Å²) in [5.74, 6) is -0.663. The molecule has 1 aromatic heterocycles. The lowest BCUT2D eigenvalue weighted by atomic mass is 9.95. The molecule has 1 atom stereocenters. The second-order valence-corrected chi connectivity index (χ2v) is 11.7. The minimum absolute atomic E-state index is 0.00573. The lowest BCUT2D eigenvalue weighted by Crippen LogP contribution is -2.29. The Kier molecular flexibility index (Phi) is 7.47. The van der Waals surface area contributed by atoms with Crippen LogP contribution in [0.1, 0.15) is 48.6 Å². The Morgan fingerprint density at radius 1 is 1.10 bits per heavy atom. The first-order valence-electron chi connectivity index (χ1n) is 12.8. The predicted molar refractivity (Wildman–Crippen MR) is 157 cm³/mol. The summed E-state index contributed by atoms with van der Waals surface area (Å²) in [4.78, 5) is 33.3. The van der Waals surface area contributed by atoms with Gasteiger partial charge in [0, 0.05) is 10.6 Å². The van der Waals surface area contributed by atoms with Crippen molar-refractivity contribution < 1.29 is 19.4 Å². The van der Waals surface area contributed by atoms with Crippen molar-refractivity contribution in [3.8, 4) is 5.75 Å². The van der Waals surface area contributed by atoms with E-state index >= 15 is 0 Å². The number of aryl methyl sites for hydroxylation is 2. The van der Waals surface area contributed by atoms with Crippen molar-refractivity contribution in [1.29, 1.82) is 0 Å². The maximum absolute atomic E-state index is 13.6. The Bertz CT molecular complexity index is 1610. The van der Waals surface area contributed by atoms with Gasteiger partial charge in [0.25, 0.3) is 5.78 Å². The van der Waals surface area contributed by atoms with Gasteiger partial charge in [-0.2, -0.15) is 0 Å². The zero-order chi connectivity index (χ0) is 27.8. The maximum atomic E-state index is 13.6. The molecule has 200 valence electrons. The standard InChI is InChI=1S/C31H29ClN2O4S/c1-17(2)12-13-38-23-7-5-6-21(16-23)27-25(28(35)20-8-10-22(32)11-9-20)29(36)30(37)34(27)31-33-26-19(4)14-18(3)15-24(26)39-31/h5-11,14-17,27,35H,12-13H2,1-4H3/b28-25+. The van der Waals surface area contributed by atoms with Gasteiger partial charge < -0.3 is 9.84 Å². The molecule has 1 unspecified atom stereocenters. The molecular formula is C31H29ClN2O4S. The van der Waals surface area contributed by atoms with Crippen molar-refractivity contribution >= 4 is 55.7 Å². The summed E-state index contributed by atoms with van der Waals surface area (Å²) in [6.07, 6.45) is 0.893. The van der Waals surface area contributed by atoms with Crippen molar-refractivity contribution in [1.82, 2.24) is 4.98 Å².